The molecule has 1 saturated heterocycles. The normalized spacial score (nSPS) is 20.0. The lowest BCUT2D eigenvalue weighted by Crippen LogP contribution is -2.24. The first-order chi connectivity index (χ1) is 8.72. The highest BCUT2D eigenvalue weighted by atomic mass is 35.5. The predicted octanol–water partition coefficient (Wildman–Crippen LogP) is 1.15. The van der Waals surface area contributed by atoms with Crippen LogP contribution in [-0.4, -0.2) is 24.9 Å². The van der Waals surface area contributed by atoms with Crippen LogP contribution in [-0.2, 0) is 16.0 Å². The van der Waals surface area contributed by atoms with Gasteiger partial charge in [0.05, 0.1) is 5.92 Å². The number of rotatable bonds is 2. The number of carbonyl (C=O) groups excluding carboxylic acids is 2. The molecule has 3 rings (SSSR count). The molecule has 1 aromatic carbocycles. The number of halogens is 1. The topological polar surface area (TPSA) is 70.2 Å². The fraction of sp³-hybridized carbons (Fsp3) is 0.385. The molecule has 0 bridgehead atoms. The highest BCUT2D eigenvalue weighted by Crippen LogP contribution is 2.25. The van der Waals surface area contributed by atoms with Crippen molar-refractivity contribution in [3.63, 3.8) is 0 Å². The number of benzene rings is 1. The van der Waals surface area contributed by atoms with Gasteiger partial charge in [-0.25, -0.2) is 0 Å². The molecule has 0 aromatic heterocycles. The Hall–Kier alpha value is -1.75. The second-order valence-electron chi connectivity index (χ2n) is 4.74. The van der Waals surface area contributed by atoms with Gasteiger partial charge in [-0.2, -0.15) is 0 Å². The van der Waals surface area contributed by atoms with Gasteiger partial charge >= 0.3 is 0 Å². The fourth-order valence-corrected chi connectivity index (χ4v) is 2.42. The molecule has 0 spiro atoms. The van der Waals surface area contributed by atoms with Gasteiger partial charge in [-0.05, 0) is 30.2 Å². The summed E-state index contributed by atoms with van der Waals surface area (Å²) in [6.45, 7) is 1.39. The van der Waals surface area contributed by atoms with Crippen molar-refractivity contribution in [1.29, 1.82) is 0 Å². The molecular formula is C13H16ClN3O2. The quantitative estimate of drug-likeness (QED) is 0.762. The molecule has 19 heavy (non-hydrogen) atoms. The molecule has 2 amide bonds. The molecule has 1 atom stereocenters. The van der Waals surface area contributed by atoms with Crippen molar-refractivity contribution < 1.29 is 9.59 Å². The largest absolute Gasteiger partial charge is 0.384 e. The second-order valence-corrected chi connectivity index (χ2v) is 4.74. The third kappa shape index (κ3) is 2.81. The van der Waals surface area contributed by atoms with E-state index in [-0.39, 0.29) is 30.1 Å². The molecular weight excluding hydrogens is 266 g/mol. The van der Waals surface area contributed by atoms with Gasteiger partial charge < -0.3 is 16.0 Å². The predicted molar refractivity (Wildman–Crippen MR) is 75.6 cm³/mol. The van der Waals surface area contributed by atoms with Crippen molar-refractivity contribution in [3.05, 3.63) is 23.8 Å². The van der Waals surface area contributed by atoms with Gasteiger partial charge in [-0.1, -0.05) is 0 Å². The highest BCUT2D eigenvalue weighted by molar-refractivity contribution is 5.97. The zero-order valence-electron chi connectivity index (χ0n) is 10.4. The van der Waals surface area contributed by atoms with Crippen LogP contribution in [0.2, 0.25) is 0 Å². The van der Waals surface area contributed by atoms with E-state index in [0.29, 0.717) is 13.0 Å². The van der Waals surface area contributed by atoms with Gasteiger partial charge in [0.15, 0.2) is 0 Å². The first-order valence-corrected chi connectivity index (χ1v) is 6.17. The maximum atomic E-state index is 11.9. The molecule has 6 heteroatoms. The second kappa shape index (κ2) is 5.48. The van der Waals surface area contributed by atoms with E-state index in [2.05, 4.69) is 16.0 Å². The van der Waals surface area contributed by atoms with E-state index < -0.39 is 0 Å². The Balaban J connectivity index is 0.00000133. The van der Waals surface area contributed by atoms with Crippen LogP contribution in [0.3, 0.4) is 0 Å². The van der Waals surface area contributed by atoms with Crippen molar-refractivity contribution in [2.24, 2.45) is 5.92 Å². The maximum absolute atomic E-state index is 11.9. The number of nitrogens with one attached hydrogen (secondary N) is 3. The third-order valence-electron chi connectivity index (χ3n) is 3.43. The van der Waals surface area contributed by atoms with Crippen LogP contribution in [0.4, 0.5) is 11.4 Å². The van der Waals surface area contributed by atoms with Gasteiger partial charge in [0, 0.05) is 30.9 Å². The number of anilines is 2. The minimum Gasteiger partial charge on any atom is -0.384 e. The van der Waals surface area contributed by atoms with Crippen LogP contribution in [0, 0.1) is 5.92 Å². The average Bonchev–Trinajstić information content (AvgIpc) is 2.96. The molecule has 1 fully saturated rings. The molecule has 1 aromatic rings. The third-order valence-corrected chi connectivity index (χ3v) is 3.43. The van der Waals surface area contributed by atoms with Crippen LogP contribution in [0.15, 0.2) is 18.2 Å². The molecule has 2 aliphatic rings. The fourth-order valence-electron chi connectivity index (χ4n) is 2.42. The lowest BCUT2D eigenvalue weighted by Gasteiger charge is -2.10. The van der Waals surface area contributed by atoms with Gasteiger partial charge in [0.25, 0.3) is 0 Å². The van der Waals surface area contributed by atoms with Crippen molar-refractivity contribution in [2.45, 2.75) is 12.8 Å². The monoisotopic (exact) mass is 281 g/mol. The Morgan fingerprint density at radius 2 is 2.16 bits per heavy atom. The minimum atomic E-state index is -0.246. The molecule has 0 radical (unpaired) electrons. The van der Waals surface area contributed by atoms with Gasteiger partial charge in [-0.15, -0.1) is 12.4 Å². The summed E-state index contributed by atoms with van der Waals surface area (Å²) in [7, 11) is 0. The maximum Gasteiger partial charge on any atom is 0.229 e. The van der Waals surface area contributed by atoms with E-state index in [1.165, 1.54) is 5.56 Å². The molecule has 2 aliphatic heterocycles. The van der Waals surface area contributed by atoms with E-state index in [4.69, 9.17) is 0 Å². The van der Waals surface area contributed by atoms with Crippen LogP contribution >= 0.6 is 12.4 Å². The van der Waals surface area contributed by atoms with Crippen molar-refractivity contribution in [3.8, 4) is 0 Å². The molecule has 1 unspecified atom stereocenters. The minimum absolute atomic E-state index is 0. The van der Waals surface area contributed by atoms with E-state index in [0.717, 1.165) is 24.3 Å². The van der Waals surface area contributed by atoms with Crippen LogP contribution < -0.4 is 16.0 Å². The highest BCUT2D eigenvalue weighted by Gasteiger charge is 2.28. The number of hydrogen-bond acceptors (Lipinski definition) is 3. The van der Waals surface area contributed by atoms with Crippen molar-refractivity contribution >= 4 is 35.6 Å². The number of carbonyl (C=O) groups is 2. The molecule has 0 saturated carbocycles. The van der Waals surface area contributed by atoms with Gasteiger partial charge in [-0.3, -0.25) is 9.59 Å². The van der Waals surface area contributed by atoms with Crippen molar-refractivity contribution in [1.82, 2.24) is 5.32 Å². The molecule has 5 nitrogen and oxygen atoms in total. The van der Waals surface area contributed by atoms with Gasteiger partial charge in [0.1, 0.15) is 0 Å². The average molecular weight is 282 g/mol. The number of hydrogen-bond donors (Lipinski definition) is 3. The summed E-state index contributed by atoms with van der Waals surface area (Å²) < 4.78 is 0. The van der Waals surface area contributed by atoms with Crippen LogP contribution in [0.1, 0.15) is 12.0 Å². The Morgan fingerprint density at radius 3 is 2.89 bits per heavy atom. The summed E-state index contributed by atoms with van der Waals surface area (Å²) in [5.41, 5.74) is 3.18. The summed E-state index contributed by atoms with van der Waals surface area (Å²) in [5.74, 6) is -0.378. The van der Waals surface area contributed by atoms with Crippen molar-refractivity contribution in [2.75, 3.05) is 23.7 Å². The SMILES string of the molecule is Cl.O=C1CC(C(=O)Nc2ccc3c(c2)CCN3)CN1. The smallest absolute Gasteiger partial charge is 0.229 e. The summed E-state index contributed by atoms with van der Waals surface area (Å²) in [4.78, 5) is 23.0. The van der Waals surface area contributed by atoms with Crippen LogP contribution in [0.25, 0.3) is 0 Å². The van der Waals surface area contributed by atoms with E-state index in [1.807, 2.05) is 18.2 Å². The van der Waals surface area contributed by atoms with E-state index >= 15 is 0 Å². The van der Waals surface area contributed by atoms with E-state index in [9.17, 15) is 9.59 Å². The summed E-state index contributed by atoms with van der Waals surface area (Å²) in [5, 5.41) is 8.82. The Labute approximate surface area is 117 Å². The Bertz CT molecular complexity index is 519. The lowest BCUT2D eigenvalue weighted by molar-refractivity contribution is -0.123. The standard InChI is InChI=1S/C13H15N3O2.ClH/c17-12-6-9(7-15-12)13(18)16-10-1-2-11-8(5-10)3-4-14-11;/h1-2,5,9,14H,3-4,6-7H2,(H,15,17)(H,16,18);1H. The number of amides is 2. The van der Waals surface area contributed by atoms with E-state index in [1.54, 1.807) is 0 Å². The Morgan fingerprint density at radius 1 is 1.32 bits per heavy atom. The first kappa shape index (κ1) is 13.7. The molecule has 3 N–H and O–H groups in total. The first-order valence-electron chi connectivity index (χ1n) is 6.17. The zero-order valence-corrected chi connectivity index (χ0v) is 11.2. The Kier molecular flexibility index (Phi) is 3.95. The zero-order chi connectivity index (χ0) is 12.5. The number of fused-ring (bicyclic) bond motifs is 1. The molecule has 2 heterocycles. The molecule has 0 aliphatic carbocycles. The lowest BCUT2D eigenvalue weighted by atomic mass is 10.1. The molecule has 102 valence electrons. The summed E-state index contributed by atoms with van der Waals surface area (Å²) in [6, 6.07) is 5.87. The summed E-state index contributed by atoms with van der Waals surface area (Å²) in [6.07, 6.45) is 1.28. The van der Waals surface area contributed by atoms with Crippen LogP contribution in [0.5, 0.6) is 0 Å². The summed E-state index contributed by atoms with van der Waals surface area (Å²) >= 11 is 0. The van der Waals surface area contributed by atoms with Gasteiger partial charge in [0.2, 0.25) is 11.8 Å².